The highest BCUT2D eigenvalue weighted by Crippen LogP contribution is 2.22. The standard InChI is InChI=1S/C14H18N2O4/c17-9-3-7-15-8-4-10-20-16-13(18)11-5-1-2-6-12(11)14(16)19/h1-2,5-6,15,17H,3-4,7-10H2. The van der Waals surface area contributed by atoms with Crippen molar-refractivity contribution in [3.63, 3.8) is 0 Å². The fourth-order valence-electron chi connectivity index (χ4n) is 1.97. The van der Waals surface area contributed by atoms with Crippen LogP contribution in [0.2, 0.25) is 0 Å². The molecule has 0 saturated carbocycles. The van der Waals surface area contributed by atoms with Gasteiger partial charge in [0.25, 0.3) is 11.8 Å². The van der Waals surface area contributed by atoms with E-state index in [2.05, 4.69) is 5.32 Å². The normalized spacial score (nSPS) is 13.9. The number of imide groups is 1. The van der Waals surface area contributed by atoms with Crippen LogP contribution >= 0.6 is 0 Å². The maximum Gasteiger partial charge on any atom is 0.285 e. The molecule has 0 aromatic heterocycles. The molecule has 0 spiro atoms. The maximum absolute atomic E-state index is 11.9. The molecule has 6 nitrogen and oxygen atoms in total. The molecule has 6 heteroatoms. The molecule has 0 unspecified atom stereocenters. The summed E-state index contributed by atoms with van der Waals surface area (Å²) in [4.78, 5) is 29.2. The Morgan fingerprint density at radius 1 is 1.05 bits per heavy atom. The first-order valence-corrected chi connectivity index (χ1v) is 6.68. The third-order valence-electron chi connectivity index (χ3n) is 2.99. The molecule has 2 N–H and O–H groups in total. The van der Waals surface area contributed by atoms with Gasteiger partial charge in [-0.05, 0) is 38.1 Å². The van der Waals surface area contributed by atoms with Crippen LogP contribution in [0.3, 0.4) is 0 Å². The number of fused-ring (bicyclic) bond motifs is 1. The highest BCUT2D eigenvalue weighted by molar-refractivity contribution is 6.20. The fourth-order valence-corrected chi connectivity index (χ4v) is 1.97. The molecule has 20 heavy (non-hydrogen) atoms. The number of carbonyl (C=O) groups excluding carboxylic acids is 2. The zero-order chi connectivity index (χ0) is 14.4. The van der Waals surface area contributed by atoms with Gasteiger partial charge in [0.1, 0.15) is 0 Å². The lowest BCUT2D eigenvalue weighted by atomic mass is 10.1. The van der Waals surface area contributed by atoms with Crippen LogP contribution in [0.4, 0.5) is 0 Å². The van der Waals surface area contributed by atoms with E-state index in [1.54, 1.807) is 24.3 Å². The Kier molecular flexibility index (Phi) is 5.23. The molecule has 1 aromatic carbocycles. The quantitative estimate of drug-likeness (QED) is 0.537. The lowest BCUT2D eigenvalue weighted by Gasteiger charge is -2.13. The second kappa shape index (κ2) is 7.14. The summed E-state index contributed by atoms with van der Waals surface area (Å²) in [5.41, 5.74) is 0.775. The number of hydrogen-bond acceptors (Lipinski definition) is 5. The summed E-state index contributed by atoms with van der Waals surface area (Å²) in [6, 6.07) is 6.68. The van der Waals surface area contributed by atoms with Crippen molar-refractivity contribution in [3.8, 4) is 0 Å². The summed E-state index contributed by atoms with van der Waals surface area (Å²) in [6.45, 7) is 1.91. The topological polar surface area (TPSA) is 78.9 Å². The van der Waals surface area contributed by atoms with Crippen molar-refractivity contribution < 1.29 is 19.5 Å². The van der Waals surface area contributed by atoms with Gasteiger partial charge in [0.05, 0.1) is 17.7 Å². The molecule has 1 aliphatic rings. The molecule has 2 amide bonds. The summed E-state index contributed by atoms with van der Waals surface area (Å²) >= 11 is 0. The van der Waals surface area contributed by atoms with Crippen molar-refractivity contribution in [2.75, 3.05) is 26.3 Å². The van der Waals surface area contributed by atoms with E-state index < -0.39 is 11.8 Å². The van der Waals surface area contributed by atoms with Crippen molar-refractivity contribution in [1.29, 1.82) is 0 Å². The molecule has 0 aliphatic carbocycles. The van der Waals surface area contributed by atoms with E-state index in [9.17, 15) is 9.59 Å². The van der Waals surface area contributed by atoms with Crippen LogP contribution in [0.25, 0.3) is 0 Å². The van der Waals surface area contributed by atoms with Crippen LogP contribution in [0.1, 0.15) is 33.6 Å². The molecule has 0 fully saturated rings. The van der Waals surface area contributed by atoms with E-state index in [0.29, 0.717) is 30.5 Å². The Morgan fingerprint density at radius 2 is 1.65 bits per heavy atom. The van der Waals surface area contributed by atoms with Crippen LogP contribution < -0.4 is 5.32 Å². The van der Waals surface area contributed by atoms with E-state index in [-0.39, 0.29) is 13.2 Å². The monoisotopic (exact) mass is 278 g/mol. The maximum atomic E-state index is 11.9. The highest BCUT2D eigenvalue weighted by Gasteiger charge is 2.36. The van der Waals surface area contributed by atoms with Gasteiger partial charge in [0, 0.05) is 6.61 Å². The molecule has 0 bridgehead atoms. The summed E-state index contributed by atoms with van der Waals surface area (Å²) in [6.07, 6.45) is 1.39. The van der Waals surface area contributed by atoms with Gasteiger partial charge < -0.3 is 10.4 Å². The predicted molar refractivity (Wildman–Crippen MR) is 72.1 cm³/mol. The van der Waals surface area contributed by atoms with Crippen molar-refractivity contribution in [2.24, 2.45) is 0 Å². The molecule has 1 aromatic rings. The van der Waals surface area contributed by atoms with Gasteiger partial charge in [-0.1, -0.05) is 12.1 Å². The van der Waals surface area contributed by atoms with Gasteiger partial charge in [-0.15, -0.1) is 5.06 Å². The average Bonchev–Trinajstić information content (AvgIpc) is 2.71. The minimum atomic E-state index is -0.404. The van der Waals surface area contributed by atoms with Crippen LogP contribution in [0, 0.1) is 0 Å². The highest BCUT2D eigenvalue weighted by atomic mass is 16.7. The number of aliphatic hydroxyl groups excluding tert-OH is 1. The first-order chi connectivity index (χ1) is 9.75. The third kappa shape index (κ3) is 3.22. The molecule has 1 heterocycles. The van der Waals surface area contributed by atoms with Crippen LogP contribution in [0.15, 0.2) is 24.3 Å². The molecule has 2 rings (SSSR count). The SMILES string of the molecule is O=C1c2ccccc2C(=O)N1OCCCNCCCO. The first-order valence-electron chi connectivity index (χ1n) is 6.68. The van der Waals surface area contributed by atoms with E-state index in [0.717, 1.165) is 11.6 Å². The molecule has 108 valence electrons. The zero-order valence-electron chi connectivity index (χ0n) is 11.2. The summed E-state index contributed by atoms with van der Waals surface area (Å²) in [7, 11) is 0. The molecular weight excluding hydrogens is 260 g/mol. The molecule has 0 atom stereocenters. The Labute approximate surface area is 117 Å². The smallest absolute Gasteiger partial charge is 0.285 e. The first kappa shape index (κ1) is 14.6. The zero-order valence-corrected chi connectivity index (χ0v) is 11.2. The molecule has 1 aliphatic heterocycles. The second-order valence-electron chi connectivity index (χ2n) is 4.46. The van der Waals surface area contributed by atoms with Gasteiger partial charge in [-0.25, -0.2) is 0 Å². The van der Waals surface area contributed by atoms with Gasteiger partial charge in [0.2, 0.25) is 0 Å². The lowest BCUT2D eigenvalue weighted by molar-refractivity contribution is -0.0917. The summed E-state index contributed by atoms with van der Waals surface area (Å²) in [5, 5.41) is 12.6. The van der Waals surface area contributed by atoms with Gasteiger partial charge in [-0.3, -0.25) is 14.4 Å². The van der Waals surface area contributed by atoms with Crippen LogP contribution in [-0.2, 0) is 4.84 Å². The third-order valence-corrected chi connectivity index (χ3v) is 2.99. The Hall–Kier alpha value is -1.76. The predicted octanol–water partition coefficient (Wildman–Crippen LogP) is 0.576. The van der Waals surface area contributed by atoms with Gasteiger partial charge >= 0.3 is 0 Å². The Bertz CT molecular complexity index is 455. The summed E-state index contributed by atoms with van der Waals surface area (Å²) < 4.78 is 0. The van der Waals surface area contributed by atoms with Gasteiger partial charge in [-0.2, -0.15) is 0 Å². The molecule has 0 radical (unpaired) electrons. The number of nitrogens with one attached hydrogen (secondary N) is 1. The number of rotatable bonds is 8. The van der Waals surface area contributed by atoms with Crippen molar-refractivity contribution in [3.05, 3.63) is 35.4 Å². The van der Waals surface area contributed by atoms with Crippen LogP contribution in [0.5, 0.6) is 0 Å². The van der Waals surface area contributed by atoms with E-state index in [1.807, 2.05) is 0 Å². The number of hydroxylamine groups is 2. The lowest BCUT2D eigenvalue weighted by Crippen LogP contribution is -2.31. The van der Waals surface area contributed by atoms with E-state index in [4.69, 9.17) is 9.94 Å². The van der Waals surface area contributed by atoms with Crippen LogP contribution in [-0.4, -0.2) is 48.3 Å². The Balaban J connectivity index is 1.75. The largest absolute Gasteiger partial charge is 0.396 e. The number of benzene rings is 1. The second-order valence-corrected chi connectivity index (χ2v) is 4.46. The van der Waals surface area contributed by atoms with Crippen molar-refractivity contribution in [2.45, 2.75) is 12.8 Å². The van der Waals surface area contributed by atoms with Crippen molar-refractivity contribution >= 4 is 11.8 Å². The number of amides is 2. The number of carbonyl (C=O) groups is 2. The van der Waals surface area contributed by atoms with E-state index >= 15 is 0 Å². The molecule has 0 saturated heterocycles. The van der Waals surface area contributed by atoms with Crippen molar-refractivity contribution in [1.82, 2.24) is 10.4 Å². The molecular formula is C14H18N2O4. The number of aliphatic hydroxyl groups is 1. The summed E-state index contributed by atoms with van der Waals surface area (Å²) in [5.74, 6) is -0.808. The number of hydrogen-bond donors (Lipinski definition) is 2. The minimum Gasteiger partial charge on any atom is -0.396 e. The average molecular weight is 278 g/mol. The minimum absolute atomic E-state index is 0.165. The van der Waals surface area contributed by atoms with E-state index in [1.165, 1.54) is 0 Å². The van der Waals surface area contributed by atoms with Gasteiger partial charge in [0.15, 0.2) is 0 Å². The fraction of sp³-hybridized carbons (Fsp3) is 0.429. The Morgan fingerprint density at radius 3 is 2.25 bits per heavy atom. The number of nitrogens with zero attached hydrogens (tertiary/aromatic N) is 1.